The van der Waals surface area contributed by atoms with Crippen LogP contribution < -0.4 is 19.8 Å². The van der Waals surface area contributed by atoms with Crippen molar-refractivity contribution in [3.63, 3.8) is 0 Å². The van der Waals surface area contributed by atoms with E-state index in [1.807, 2.05) is 0 Å². The third-order valence-electron chi connectivity index (χ3n) is 9.97. The summed E-state index contributed by atoms with van der Waals surface area (Å²) in [7, 11) is 0. The highest BCUT2D eigenvalue weighted by atomic mass is 35.5. The molecule has 3 heterocycles. The number of H-pyrrole nitrogens is 1. The fourth-order valence-electron chi connectivity index (χ4n) is 8.28. The van der Waals surface area contributed by atoms with Crippen LogP contribution in [-0.4, -0.2) is 34.6 Å². The van der Waals surface area contributed by atoms with Gasteiger partial charge in [-0.15, -0.1) is 11.8 Å². The number of hydrogen-bond donors (Lipinski definition) is 2. The Balaban J connectivity index is 1.15. The highest BCUT2D eigenvalue weighted by molar-refractivity contribution is 8.00. The van der Waals surface area contributed by atoms with Crippen LogP contribution in [0.3, 0.4) is 0 Å². The number of hydrogen-bond acceptors (Lipinski definition) is 7. The van der Waals surface area contributed by atoms with Gasteiger partial charge in [-0.1, -0.05) is 35.1 Å². The highest BCUT2D eigenvalue weighted by Gasteiger charge is 2.70. The molecule has 4 aliphatic rings. The van der Waals surface area contributed by atoms with E-state index in [1.54, 1.807) is 18.2 Å². The summed E-state index contributed by atoms with van der Waals surface area (Å²) < 4.78 is 61.4. The number of para-hydroxylation sites is 1. The zero-order valence-corrected chi connectivity index (χ0v) is 27.4. The van der Waals surface area contributed by atoms with Crippen molar-refractivity contribution >= 4 is 63.8 Å². The molecule has 0 unspecified atom stereocenters. The second-order valence-corrected chi connectivity index (χ2v) is 15.2. The summed E-state index contributed by atoms with van der Waals surface area (Å²) in [5.41, 5.74) is -0.579. The van der Waals surface area contributed by atoms with Crippen molar-refractivity contribution < 1.29 is 36.7 Å². The van der Waals surface area contributed by atoms with E-state index in [4.69, 9.17) is 16.3 Å². The molecule has 15 heteroatoms. The first-order chi connectivity index (χ1) is 23.4. The number of anilines is 2. The van der Waals surface area contributed by atoms with Crippen molar-refractivity contribution in [2.24, 2.45) is 29.6 Å². The number of fused-ring (bicyclic) bond motifs is 9. The maximum absolute atomic E-state index is 14.1. The molecule has 3 aromatic carbocycles. The Morgan fingerprint density at radius 2 is 1.71 bits per heavy atom. The lowest BCUT2D eigenvalue weighted by atomic mass is 9.68. The number of carbonyl (C=O) groups excluding carboxylic acids is 3. The van der Waals surface area contributed by atoms with Crippen LogP contribution in [0.2, 0.25) is 5.02 Å². The third-order valence-corrected chi connectivity index (χ3v) is 12.8. The summed E-state index contributed by atoms with van der Waals surface area (Å²) in [4.78, 5) is 57.5. The minimum Gasteiger partial charge on any atom is -0.483 e. The summed E-state index contributed by atoms with van der Waals surface area (Å²) in [6.07, 6.45) is -4.27. The Kier molecular flexibility index (Phi) is 7.68. The number of imide groups is 1. The van der Waals surface area contributed by atoms with Crippen molar-refractivity contribution in [2.75, 3.05) is 16.8 Å². The number of rotatable bonds is 6. The summed E-state index contributed by atoms with van der Waals surface area (Å²) in [6.45, 7) is -0.408. The number of halogens is 5. The first-order valence-corrected chi connectivity index (χ1v) is 17.4. The molecule has 0 spiro atoms. The largest absolute Gasteiger partial charge is 0.483 e. The van der Waals surface area contributed by atoms with Crippen molar-refractivity contribution in [3.8, 4) is 5.75 Å². The number of carbonyl (C=O) groups is 3. The third kappa shape index (κ3) is 5.26. The van der Waals surface area contributed by atoms with Crippen LogP contribution in [0.1, 0.15) is 28.3 Å². The SMILES string of the molecule is O=C(COc1ccc(Cl)cc1[C@@H]1c2sc(=O)[nH]c2S[C@@H]2[C@@H]3C[C@@H]([C@@H]4C(=O)N(c5ccccc5C(F)(F)F)C(=O)[C@@H]34)[C@H]12)Nc1ccc(F)cc1. The number of aromatic amines is 1. The Hall–Kier alpha value is -4.14. The van der Waals surface area contributed by atoms with Gasteiger partial charge in [0.15, 0.2) is 6.61 Å². The van der Waals surface area contributed by atoms with Gasteiger partial charge in [-0.3, -0.25) is 19.2 Å². The van der Waals surface area contributed by atoms with Gasteiger partial charge in [0.2, 0.25) is 11.8 Å². The minimum absolute atomic E-state index is 0.253. The summed E-state index contributed by atoms with van der Waals surface area (Å²) >= 11 is 8.95. The zero-order chi connectivity index (χ0) is 34.4. The Morgan fingerprint density at radius 3 is 2.45 bits per heavy atom. The van der Waals surface area contributed by atoms with Crippen LogP contribution in [-0.2, 0) is 20.6 Å². The van der Waals surface area contributed by atoms with E-state index in [0.717, 1.165) is 28.4 Å². The van der Waals surface area contributed by atoms with Gasteiger partial charge in [-0.25, -0.2) is 9.29 Å². The van der Waals surface area contributed by atoms with Crippen molar-refractivity contribution in [3.05, 3.63) is 103 Å². The van der Waals surface area contributed by atoms with E-state index in [2.05, 4.69) is 10.3 Å². The van der Waals surface area contributed by atoms with Crippen molar-refractivity contribution in [1.29, 1.82) is 0 Å². The average molecular weight is 730 g/mol. The van der Waals surface area contributed by atoms with E-state index in [-0.39, 0.29) is 22.0 Å². The number of nitrogens with zero attached hydrogens (tertiary/aromatic N) is 1. The predicted molar refractivity (Wildman–Crippen MR) is 174 cm³/mol. The van der Waals surface area contributed by atoms with Gasteiger partial charge in [0.05, 0.1) is 28.1 Å². The topological polar surface area (TPSA) is 109 Å². The molecule has 3 amide bonds. The van der Waals surface area contributed by atoms with Crippen LogP contribution in [0.15, 0.2) is 76.6 Å². The van der Waals surface area contributed by atoms with Crippen LogP contribution >= 0.6 is 34.7 Å². The molecule has 3 fully saturated rings. The second kappa shape index (κ2) is 11.7. The van der Waals surface area contributed by atoms with E-state index < -0.39 is 71.2 Å². The lowest BCUT2D eigenvalue weighted by Crippen LogP contribution is -2.42. The van der Waals surface area contributed by atoms with Gasteiger partial charge in [-0.05, 0) is 78.8 Å². The van der Waals surface area contributed by atoms with E-state index in [9.17, 15) is 36.7 Å². The Bertz CT molecular complexity index is 2090. The summed E-state index contributed by atoms with van der Waals surface area (Å²) in [5, 5.41) is 3.37. The number of amides is 3. The quantitative estimate of drug-likeness (QED) is 0.165. The number of thioether (sulfide) groups is 1. The number of aromatic nitrogens is 1. The van der Waals surface area contributed by atoms with Crippen LogP contribution in [0.25, 0.3) is 0 Å². The van der Waals surface area contributed by atoms with Gasteiger partial charge in [0, 0.05) is 32.3 Å². The molecule has 2 aliphatic heterocycles. The fraction of sp³-hybridized carbons (Fsp3) is 0.294. The number of benzene rings is 3. The lowest BCUT2D eigenvalue weighted by Gasteiger charge is -2.43. The van der Waals surface area contributed by atoms with Crippen molar-refractivity contribution in [1.82, 2.24) is 4.98 Å². The van der Waals surface area contributed by atoms with Gasteiger partial charge in [-0.2, -0.15) is 13.2 Å². The van der Waals surface area contributed by atoms with Crippen LogP contribution in [0.4, 0.5) is 28.9 Å². The maximum atomic E-state index is 14.1. The molecule has 8 rings (SSSR count). The Labute approximate surface area is 288 Å². The molecular formula is C34H24ClF4N3O5S2. The molecule has 7 atom stereocenters. The smallest absolute Gasteiger partial charge is 0.418 e. The van der Waals surface area contributed by atoms with Crippen LogP contribution in [0.5, 0.6) is 5.75 Å². The number of nitrogens with one attached hydrogen (secondary N) is 2. The molecule has 2 bridgehead atoms. The standard InChI is InChI=1S/C34H24ClF4N3O5S2/c35-14-5-10-22(47-13-23(43)40-16-8-6-15(36)7-9-16)17(11-14)24-25-18-12-19(28(25)48-30-29(24)49-33(46)41-30)27-26(18)31(44)42(32(27)45)21-4-2-1-3-20(21)34(37,38)39/h1-11,18-19,24-28H,12-13H2,(H,40,43)(H,41,46)/t18-,19-,24+,25-,26+,27+,28-/m1/s1. The molecular weight excluding hydrogens is 706 g/mol. The molecule has 2 N–H and O–H groups in total. The van der Waals surface area contributed by atoms with Gasteiger partial charge in [0.25, 0.3) is 5.91 Å². The predicted octanol–water partition coefficient (Wildman–Crippen LogP) is 6.94. The molecule has 2 aliphatic carbocycles. The number of alkyl halides is 3. The molecule has 252 valence electrons. The minimum atomic E-state index is -4.78. The first kappa shape index (κ1) is 32.1. The lowest BCUT2D eigenvalue weighted by molar-refractivity contribution is -0.137. The molecule has 8 nitrogen and oxygen atoms in total. The fourth-order valence-corrected chi connectivity index (χ4v) is 11.3. The zero-order valence-electron chi connectivity index (χ0n) is 25.0. The Morgan fingerprint density at radius 1 is 1.00 bits per heavy atom. The number of ether oxygens (including phenoxy) is 1. The van der Waals surface area contributed by atoms with Gasteiger partial charge >= 0.3 is 11.0 Å². The molecule has 49 heavy (non-hydrogen) atoms. The molecule has 2 saturated carbocycles. The van der Waals surface area contributed by atoms with E-state index in [0.29, 0.717) is 38.3 Å². The molecule has 0 radical (unpaired) electrons. The first-order valence-electron chi connectivity index (χ1n) is 15.3. The van der Waals surface area contributed by atoms with Gasteiger partial charge in [0.1, 0.15) is 11.6 Å². The van der Waals surface area contributed by atoms with Crippen LogP contribution in [0, 0.1) is 35.4 Å². The second-order valence-electron chi connectivity index (χ2n) is 12.5. The maximum Gasteiger partial charge on any atom is 0.418 e. The summed E-state index contributed by atoms with van der Waals surface area (Å²) in [5.74, 6) is -5.16. The van der Waals surface area contributed by atoms with E-state index in [1.165, 1.54) is 48.2 Å². The monoisotopic (exact) mass is 729 g/mol. The highest BCUT2D eigenvalue weighted by Crippen LogP contribution is 2.69. The number of thiazole rings is 1. The molecule has 1 saturated heterocycles. The average Bonchev–Trinajstić information content (AvgIpc) is 3.80. The van der Waals surface area contributed by atoms with E-state index >= 15 is 0 Å². The van der Waals surface area contributed by atoms with Crippen molar-refractivity contribution in [2.45, 2.75) is 28.8 Å². The summed E-state index contributed by atoms with van der Waals surface area (Å²) in [6, 6.07) is 14.7. The normalized spacial score (nSPS) is 26.8. The van der Waals surface area contributed by atoms with Gasteiger partial charge < -0.3 is 15.0 Å². The molecule has 4 aromatic rings. The molecule has 1 aromatic heterocycles.